The number of hydrogen-bond donors (Lipinski definition) is 1. The maximum Gasteiger partial charge on any atom is 0.250 e. The number of aryl methyl sites for hydroxylation is 2. The van der Waals surface area contributed by atoms with E-state index in [0.717, 1.165) is 40.9 Å². The summed E-state index contributed by atoms with van der Waals surface area (Å²) in [5.41, 5.74) is 2.57. The molecule has 0 saturated carbocycles. The van der Waals surface area contributed by atoms with E-state index < -0.39 is 0 Å². The van der Waals surface area contributed by atoms with Crippen molar-refractivity contribution in [3.05, 3.63) is 42.2 Å². The molecule has 1 atom stereocenters. The van der Waals surface area contributed by atoms with Gasteiger partial charge in [0.1, 0.15) is 17.3 Å². The fraction of sp³-hybridized carbons (Fsp3) is 0.350. The number of para-hydroxylation sites is 1. The zero-order valence-electron chi connectivity index (χ0n) is 15.8. The Morgan fingerprint density at radius 3 is 2.89 bits per heavy atom. The molecule has 1 amide bonds. The molecular weight excluding hydrogens is 342 g/mol. The standard InChI is InChI=1S/C20H23N5O2/c1-13-12-16(14-6-4-8-17(27-3)19(14)21-13)22-15-7-5-10-25(20(15)26)18-9-11-24(2)23-18/h4,6,8-9,11-12,15H,5,7,10H2,1-3H3,(H,21,22). The van der Waals surface area contributed by atoms with Crippen molar-refractivity contribution in [1.29, 1.82) is 0 Å². The Morgan fingerprint density at radius 1 is 1.30 bits per heavy atom. The number of rotatable bonds is 4. The normalized spacial score (nSPS) is 17.4. The second kappa shape index (κ2) is 6.90. The lowest BCUT2D eigenvalue weighted by atomic mass is 10.0. The smallest absolute Gasteiger partial charge is 0.250 e. The Balaban J connectivity index is 1.66. The summed E-state index contributed by atoms with van der Waals surface area (Å²) in [6.45, 7) is 2.64. The molecule has 7 heteroatoms. The summed E-state index contributed by atoms with van der Waals surface area (Å²) >= 11 is 0. The van der Waals surface area contributed by atoms with Crippen molar-refractivity contribution in [2.75, 3.05) is 23.9 Å². The van der Waals surface area contributed by atoms with Crippen molar-refractivity contribution in [3.8, 4) is 5.75 Å². The lowest BCUT2D eigenvalue weighted by Crippen LogP contribution is -2.48. The van der Waals surface area contributed by atoms with Crippen molar-refractivity contribution < 1.29 is 9.53 Å². The zero-order chi connectivity index (χ0) is 19.0. The van der Waals surface area contributed by atoms with Crippen LogP contribution in [0.2, 0.25) is 0 Å². The molecule has 140 valence electrons. The van der Waals surface area contributed by atoms with Gasteiger partial charge in [-0.05, 0) is 31.9 Å². The van der Waals surface area contributed by atoms with Gasteiger partial charge in [0, 0.05) is 42.6 Å². The van der Waals surface area contributed by atoms with Gasteiger partial charge in [-0.3, -0.25) is 14.4 Å². The first-order valence-electron chi connectivity index (χ1n) is 9.09. The molecule has 1 fully saturated rings. The predicted molar refractivity (Wildman–Crippen MR) is 105 cm³/mol. The van der Waals surface area contributed by atoms with Gasteiger partial charge in [-0.1, -0.05) is 12.1 Å². The number of hydrogen-bond acceptors (Lipinski definition) is 5. The first kappa shape index (κ1) is 17.3. The summed E-state index contributed by atoms with van der Waals surface area (Å²) in [5, 5.41) is 8.78. The maximum absolute atomic E-state index is 13.1. The number of ether oxygens (including phenoxy) is 1. The maximum atomic E-state index is 13.1. The van der Waals surface area contributed by atoms with Crippen LogP contribution in [0.1, 0.15) is 18.5 Å². The molecule has 1 aliphatic heterocycles. The number of piperidine rings is 1. The molecule has 1 saturated heterocycles. The SMILES string of the molecule is COc1cccc2c(NC3CCCN(c4ccn(C)n4)C3=O)cc(C)nc12. The van der Waals surface area contributed by atoms with Crippen molar-refractivity contribution >= 4 is 28.3 Å². The van der Waals surface area contributed by atoms with Gasteiger partial charge in [0.2, 0.25) is 0 Å². The van der Waals surface area contributed by atoms with E-state index >= 15 is 0 Å². The first-order chi connectivity index (χ1) is 13.1. The summed E-state index contributed by atoms with van der Waals surface area (Å²) < 4.78 is 7.16. The van der Waals surface area contributed by atoms with Crippen LogP contribution in [0.4, 0.5) is 11.5 Å². The third-order valence-electron chi connectivity index (χ3n) is 4.89. The van der Waals surface area contributed by atoms with E-state index in [-0.39, 0.29) is 11.9 Å². The molecule has 0 radical (unpaired) electrons. The highest BCUT2D eigenvalue weighted by Gasteiger charge is 2.31. The molecule has 1 aliphatic rings. The Labute approximate surface area is 157 Å². The minimum Gasteiger partial charge on any atom is -0.494 e. The van der Waals surface area contributed by atoms with E-state index in [1.807, 2.05) is 50.5 Å². The van der Waals surface area contributed by atoms with E-state index in [2.05, 4.69) is 15.4 Å². The second-order valence-electron chi connectivity index (χ2n) is 6.84. The molecule has 7 nitrogen and oxygen atoms in total. The topological polar surface area (TPSA) is 72.3 Å². The third-order valence-corrected chi connectivity index (χ3v) is 4.89. The van der Waals surface area contributed by atoms with Crippen LogP contribution in [0.5, 0.6) is 5.75 Å². The van der Waals surface area contributed by atoms with E-state index in [1.54, 1.807) is 16.7 Å². The number of pyridine rings is 1. The quantitative estimate of drug-likeness (QED) is 0.770. The highest BCUT2D eigenvalue weighted by molar-refractivity contribution is 6.01. The van der Waals surface area contributed by atoms with Crippen molar-refractivity contribution in [1.82, 2.24) is 14.8 Å². The van der Waals surface area contributed by atoms with Gasteiger partial charge in [-0.2, -0.15) is 5.10 Å². The van der Waals surface area contributed by atoms with Crippen LogP contribution in [0.3, 0.4) is 0 Å². The average Bonchev–Trinajstić information content (AvgIpc) is 3.09. The number of benzene rings is 1. The Morgan fingerprint density at radius 2 is 2.15 bits per heavy atom. The third kappa shape index (κ3) is 3.20. The molecule has 4 rings (SSSR count). The molecular formula is C20H23N5O2. The molecule has 1 unspecified atom stereocenters. The Hall–Kier alpha value is -3.09. The zero-order valence-corrected chi connectivity index (χ0v) is 15.8. The monoisotopic (exact) mass is 365 g/mol. The molecule has 1 aromatic carbocycles. The van der Waals surface area contributed by atoms with Crippen LogP contribution in [0.15, 0.2) is 36.5 Å². The fourth-order valence-corrected chi connectivity index (χ4v) is 3.61. The van der Waals surface area contributed by atoms with Gasteiger partial charge in [0.25, 0.3) is 5.91 Å². The van der Waals surface area contributed by atoms with Crippen LogP contribution in [0.25, 0.3) is 10.9 Å². The minimum absolute atomic E-state index is 0.0467. The summed E-state index contributed by atoms with van der Waals surface area (Å²) in [7, 11) is 3.49. The van der Waals surface area contributed by atoms with Gasteiger partial charge in [-0.25, -0.2) is 4.98 Å². The molecule has 3 aromatic rings. The Kier molecular flexibility index (Phi) is 4.43. The first-order valence-corrected chi connectivity index (χ1v) is 9.09. The van der Waals surface area contributed by atoms with Crippen LogP contribution in [-0.2, 0) is 11.8 Å². The molecule has 2 aromatic heterocycles. The molecule has 1 N–H and O–H groups in total. The molecule has 0 bridgehead atoms. The number of anilines is 2. The van der Waals surface area contributed by atoms with E-state index in [1.165, 1.54) is 0 Å². The summed E-state index contributed by atoms with van der Waals surface area (Å²) in [6, 6.07) is 9.39. The summed E-state index contributed by atoms with van der Waals surface area (Å²) in [5.74, 6) is 1.47. The number of aromatic nitrogens is 3. The van der Waals surface area contributed by atoms with E-state index in [4.69, 9.17) is 4.74 Å². The lowest BCUT2D eigenvalue weighted by molar-refractivity contribution is -0.120. The van der Waals surface area contributed by atoms with Gasteiger partial charge in [0.15, 0.2) is 5.82 Å². The molecule has 0 aliphatic carbocycles. The molecule has 27 heavy (non-hydrogen) atoms. The molecule has 3 heterocycles. The van der Waals surface area contributed by atoms with Crippen LogP contribution in [0, 0.1) is 6.92 Å². The van der Waals surface area contributed by atoms with Crippen LogP contribution >= 0.6 is 0 Å². The average molecular weight is 365 g/mol. The van der Waals surface area contributed by atoms with Crippen molar-refractivity contribution in [3.63, 3.8) is 0 Å². The van der Waals surface area contributed by atoms with Crippen LogP contribution in [-0.4, -0.2) is 40.4 Å². The minimum atomic E-state index is -0.294. The largest absolute Gasteiger partial charge is 0.494 e. The number of nitrogens with zero attached hydrogens (tertiary/aromatic N) is 4. The second-order valence-corrected chi connectivity index (χ2v) is 6.84. The van der Waals surface area contributed by atoms with Gasteiger partial charge >= 0.3 is 0 Å². The predicted octanol–water partition coefficient (Wildman–Crippen LogP) is 2.89. The van der Waals surface area contributed by atoms with Gasteiger partial charge in [-0.15, -0.1) is 0 Å². The fourth-order valence-electron chi connectivity index (χ4n) is 3.61. The number of nitrogens with one attached hydrogen (secondary N) is 1. The molecule has 0 spiro atoms. The number of amides is 1. The number of carbonyl (C=O) groups excluding carboxylic acids is 1. The van der Waals surface area contributed by atoms with E-state index in [0.29, 0.717) is 12.4 Å². The van der Waals surface area contributed by atoms with E-state index in [9.17, 15) is 4.79 Å². The number of fused-ring (bicyclic) bond motifs is 1. The van der Waals surface area contributed by atoms with Gasteiger partial charge < -0.3 is 10.1 Å². The highest BCUT2D eigenvalue weighted by Crippen LogP contribution is 2.31. The highest BCUT2D eigenvalue weighted by atomic mass is 16.5. The summed E-state index contributed by atoms with van der Waals surface area (Å²) in [4.78, 5) is 19.4. The number of methoxy groups -OCH3 is 1. The number of carbonyl (C=O) groups is 1. The Bertz CT molecular complexity index is 997. The van der Waals surface area contributed by atoms with Gasteiger partial charge in [0.05, 0.1) is 7.11 Å². The van der Waals surface area contributed by atoms with Crippen LogP contribution < -0.4 is 15.0 Å². The summed E-state index contributed by atoms with van der Waals surface area (Å²) in [6.07, 6.45) is 3.56. The lowest BCUT2D eigenvalue weighted by Gasteiger charge is -2.32. The van der Waals surface area contributed by atoms with Crippen molar-refractivity contribution in [2.24, 2.45) is 7.05 Å². The van der Waals surface area contributed by atoms with Crippen molar-refractivity contribution in [2.45, 2.75) is 25.8 Å².